The van der Waals surface area contributed by atoms with Crippen molar-refractivity contribution >= 4 is 28.0 Å². The van der Waals surface area contributed by atoms with E-state index in [4.69, 9.17) is 9.72 Å². The molecule has 4 heterocycles. The number of fused-ring (bicyclic) bond motifs is 1. The predicted molar refractivity (Wildman–Crippen MR) is 133 cm³/mol. The summed E-state index contributed by atoms with van der Waals surface area (Å²) in [5, 5.41) is 2.59. The van der Waals surface area contributed by atoms with Crippen LogP contribution in [0.1, 0.15) is 32.9 Å². The first-order valence-corrected chi connectivity index (χ1v) is 13.3. The number of rotatable bonds is 4. The number of pyridine rings is 1. The van der Waals surface area contributed by atoms with Gasteiger partial charge in [0.15, 0.2) is 5.82 Å². The fourth-order valence-electron chi connectivity index (χ4n) is 4.31. The summed E-state index contributed by atoms with van der Waals surface area (Å²) in [5.41, 5.74) is 1.50. The summed E-state index contributed by atoms with van der Waals surface area (Å²) in [5.74, 6) is 0.296. The molecule has 1 fully saturated rings. The van der Waals surface area contributed by atoms with E-state index >= 15 is 0 Å². The van der Waals surface area contributed by atoms with E-state index in [0.717, 1.165) is 12.1 Å². The predicted octanol–water partition coefficient (Wildman–Crippen LogP) is 4.72. The number of aromatic nitrogens is 3. The lowest BCUT2D eigenvalue weighted by atomic mass is 10.1. The molecule has 0 atom stereocenters. The Morgan fingerprint density at radius 3 is 2.62 bits per heavy atom. The van der Waals surface area contributed by atoms with Crippen LogP contribution >= 0.6 is 10.6 Å². The first-order valence-electron chi connectivity index (χ1n) is 11.4. The first-order chi connectivity index (χ1) is 17.5. The second-order valence-electron chi connectivity index (χ2n) is 8.88. The van der Waals surface area contributed by atoms with Crippen molar-refractivity contribution in [3.8, 4) is 11.4 Å². The minimum Gasteiger partial charge on any atom is -0.378 e. The molecule has 0 unspecified atom stereocenters. The quantitative estimate of drug-likeness (QED) is 0.439. The summed E-state index contributed by atoms with van der Waals surface area (Å²) in [6.07, 6.45) is -3.17. The van der Waals surface area contributed by atoms with Crippen LogP contribution in [-0.2, 0) is 22.4 Å². The molecule has 13 heteroatoms. The van der Waals surface area contributed by atoms with Gasteiger partial charge in [-0.2, -0.15) is 23.8 Å². The zero-order valence-electron chi connectivity index (χ0n) is 19.7. The third-order valence-electron chi connectivity index (χ3n) is 6.16. The van der Waals surface area contributed by atoms with Crippen LogP contribution in [0.2, 0.25) is 0 Å². The SMILES string of the molecule is Cc1ncc(NC(=O)c2cccc(C(F)(F)F)c2)cc1-c1nc2c(c(N3CCOCC3)n1)CS(O)(O)C2. The van der Waals surface area contributed by atoms with Crippen molar-refractivity contribution in [2.45, 2.75) is 24.6 Å². The highest BCUT2D eigenvalue weighted by Crippen LogP contribution is 2.54. The van der Waals surface area contributed by atoms with Crippen molar-refractivity contribution in [3.05, 3.63) is 64.6 Å². The molecule has 0 bridgehead atoms. The lowest BCUT2D eigenvalue weighted by molar-refractivity contribution is -0.137. The highest BCUT2D eigenvalue weighted by molar-refractivity contribution is 8.23. The largest absolute Gasteiger partial charge is 0.416 e. The van der Waals surface area contributed by atoms with Gasteiger partial charge in [0.2, 0.25) is 0 Å². The maximum atomic E-state index is 13.1. The number of amides is 1. The summed E-state index contributed by atoms with van der Waals surface area (Å²) < 4.78 is 65.4. The van der Waals surface area contributed by atoms with Gasteiger partial charge in [0.25, 0.3) is 5.91 Å². The Kier molecular flexibility index (Phi) is 6.56. The van der Waals surface area contributed by atoms with Crippen molar-refractivity contribution in [3.63, 3.8) is 0 Å². The molecule has 1 aromatic carbocycles. The number of hydrogen-bond donors (Lipinski definition) is 3. The molecule has 2 aliphatic heterocycles. The second kappa shape index (κ2) is 9.56. The van der Waals surface area contributed by atoms with Gasteiger partial charge in [0.1, 0.15) is 5.82 Å². The van der Waals surface area contributed by atoms with E-state index in [1.807, 2.05) is 4.90 Å². The number of ether oxygens (including phenoxy) is 1. The second-order valence-corrected chi connectivity index (χ2v) is 11.1. The van der Waals surface area contributed by atoms with Crippen molar-refractivity contribution in [2.75, 3.05) is 36.5 Å². The number of carbonyl (C=O) groups is 1. The van der Waals surface area contributed by atoms with Crippen LogP contribution in [0.25, 0.3) is 11.4 Å². The topological polar surface area (TPSA) is 121 Å². The minimum atomic E-state index is -4.57. The summed E-state index contributed by atoms with van der Waals surface area (Å²) in [6, 6.07) is 5.75. The average molecular weight is 536 g/mol. The molecule has 0 radical (unpaired) electrons. The Morgan fingerprint density at radius 2 is 1.89 bits per heavy atom. The molecule has 1 saturated heterocycles. The molecule has 0 saturated carbocycles. The maximum Gasteiger partial charge on any atom is 0.416 e. The van der Waals surface area contributed by atoms with Gasteiger partial charge in [0.05, 0.1) is 47.9 Å². The number of anilines is 2. The Labute approximate surface area is 212 Å². The first kappa shape index (κ1) is 25.4. The number of nitrogens with one attached hydrogen (secondary N) is 1. The summed E-state index contributed by atoms with van der Waals surface area (Å²) in [7, 11) is -2.86. The van der Waals surface area contributed by atoms with Crippen molar-refractivity contribution in [2.24, 2.45) is 0 Å². The Hall–Kier alpha value is -3.26. The lowest BCUT2D eigenvalue weighted by Gasteiger charge is -2.30. The molecule has 2 aliphatic rings. The van der Waals surface area contributed by atoms with E-state index in [9.17, 15) is 27.1 Å². The van der Waals surface area contributed by atoms with Crippen LogP contribution in [0.15, 0.2) is 36.5 Å². The van der Waals surface area contributed by atoms with E-state index in [1.54, 1.807) is 13.0 Å². The summed E-state index contributed by atoms with van der Waals surface area (Å²) in [4.78, 5) is 28.4. The number of alkyl halides is 3. The molecular weight excluding hydrogens is 511 g/mol. The molecule has 0 spiro atoms. The zero-order valence-corrected chi connectivity index (χ0v) is 20.6. The molecule has 37 heavy (non-hydrogen) atoms. The highest BCUT2D eigenvalue weighted by Gasteiger charge is 2.33. The van der Waals surface area contributed by atoms with Gasteiger partial charge in [-0.1, -0.05) is 6.07 Å². The fourth-order valence-corrected chi connectivity index (χ4v) is 5.85. The van der Waals surface area contributed by atoms with Crippen LogP contribution in [0.4, 0.5) is 24.7 Å². The monoisotopic (exact) mass is 535 g/mol. The van der Waals surface area contributed by atoms with Gasteiger partial charge in [0, 0.05) is 35.5 Å². The van der Waals surface area contributed by atoms with Crippen molar-refractivity contribution in [1.82, 2.24) is 15.0 Å². The minimum absolute atomic E-state index is 0.0215. The van der Waals surface area contributed by atoms with Crippen LogP contribution < -0.4 is 10.2 Å². The summed E-state index contributed by atoms with van der Waals surface area (Å²) in [6.45, 7) is 3.95. The number of benzene rings is 1. The number of hydrogen-bond acceptors (Lipinski definition) is 8. The fraction of sp³-hybridized carbons (Fsp3) is 0.333. The van der Waals surface area contributed by atoms with E-state index < -0.39 is 28.2 Å². The third kappa shape index (κ3) is 5.39. The van der Waals surface area contributed by atoms with Crippen LogP contribution in [0, 0.1) is 6.92 Å². The van der Waals surface area contributed by atoms with Gasteiger partial charge in [-0.05, 0) is 31.2 Å². The third-order valence-corrected chi connectivity index (χ3v) is 7.65. The van der Waals surface area contributed by atoms with E-state index in [2.05, 4.69) is 15.3 Å². The highest BCUT2D eigenvalue weighted by atomic mass is 32.3. The molecule has 3 N–H and O–H groups in total. The van der Waals surface area contributed by atoms with Crippen molar-refractivity contribution in [1.29, 1.82) is 0 Å². The van der Waals surface area contributed by atoms with Gasteiger partial charge >= 0.3 is 6.18 Å². The van der Waals surface area contributed by atoms with Gasteiger partial charge < -0.3 is 15.0 Å². The number of aryl methyl sites for hydroxylation is 1. The molecule has 2 aromatic heterocycles. The zero-order chi connectivity index (χ0) is 26.4. The van der Waals surface area contributed by atoms with E-state index in [1.165, 1.54) is 18.3 Å². The average Bonchev–Trinajstić information content (AvgIpc) is 3.18. The number of nitrogens with zero attached hydrogens (tertiary/aromatic N) is 4. The van der Waals surface area contributed by atoms with E-state index in [-0.39, 0.29) is 22.8 Å². The Bertz CT molecular complexity index is 1360. The van der Waals surface area contributed by atoms with Crippen molar-refractivity contribution < 1.29 is 31.8 Å². The number of morpholine rings is 1. The van der Waals surface area contributed by atoms with Gasteiger partial charge in [-0.3, -0.25) is 18.9 Å². The smallest absolute Gasteiger partial charge is 0.378 e. The molecule has 0 aliphatic carbocycles. The van der Waals surface area contributed by atoms with Crippen LogP contribution in [0.3, 0.4) is 0 Å². The Morgan fingerprint density at radius 1 is 1.14 bits per heavy atom. The summed E-state index contributed by atoms with van der Waals surface area (Å²) >= 11 is 0. The molecular formula is C24H24F3N5O4S. The number of halogens is 3. The van der Waals surface area contributed by atoms with E-state index in [0.29, 0.717) is 60.5 Å². The molecule has 5 rings (SSSR count). The Balaban J connectivity index is 1.48. The normalized spacial score (nSPS) is 17.8. The molecule has 3 aromatic rings. The molecule has 1 amide bonds. The molecule has 196 valence electrons. The maximum absolute atomic E-state index is 13.1. The number of carbonyl (C=O) groups excluding carboxylic acids is 1. The van der Waals surface area contributed by atoms with Crippen LogP contribution in [0.5, 0.6) is 0 Å². The standard InChI is InChI=1S/C24H24F3N5O4S/c1-14-18(10-17(11-28-14)29-23(33)15-3-2-4-16(9-15)24(25,26)27)21-30-20-13-37(34,35)12-19(20)22(31-21)32-5-7-36-8-6-32/h2-4,9-11,34-35H,5-8,12-13H2,1H3,(H,29,33). The van der Waals surface area contributed by atoms with Crippen LogP contribution in [-0.4, -0.2) is 56.3 Å². The van der Waals surface area contributed by atoms with Gasteiger partial charge in [-0.15, -0.1) is 0 Å². The van der Waals surface area contributed by atoms with Gasteiger partial charge in [-0.25, -0.2) is 9.97 Å². The molecule has 9 nitrogen and oxygen atoms in total. The lowest BCUT2D eigenvalue weighted by Crippen LogP contribution is -2.37.